The molecule has 0 spiro atoms. The lowest BCUT2D eigenvalue weighted by Crippen LogP contribution is -2.61. The molecule has 2 fully saturated rings. The van der Waals surface area contributed by atoms with Crippen LogP contribution in [0, 0.1) is 0 Å². The Morgan fingerprint density at radius 1 is 0.571 bits per heavy atom. The molecule has 2 saturated heterocycles. The Hall–Kier alpha value is -10.0. The Kier molecular flexibility index (Phi) is 25.8. The molecule has 13 N–H and O–H groups in total. The molecule has 1 aromatic heterocycles. The number of para-hydroxylation sites is 1. The van der Waals surface area contributed by atoms with Crippen LogP contribution in [0.5, 0.6) is 5.75 Å². The quantitative estimate of drug-likeness (QED) is 0.0438. The number of alkyl carbamates (subject to hydrolysis) is 1. The second-order valence-corrected chi connectivity index (χ2v) is 20.8. The van der Waals surface area contributed by atoms with Crippen LogP contribution in [0.4, 0.5) is 31.1 Å². The molecule has 486 valence electrons. The van der Waals surface area contributed by atoms with Crippen molar-refractivity contribution in [1.82, 2.24) is 41.8 Å². The summed E-state index contributed by atoms with van der Waals surface area (Å²) in [5.41, 5.74) is 15.7. The average molecular weight is 1280 g/mol. The van der Waals surface area contributed by atoms with Crippen molar-refractivity contribution < 1.29 is 89.2 Å². The number of fused-ring (bicyclic) bond motifs is 2. The number of aliphatic carboxylic acids is 2. The summed E-state index contributed by atoms with van der Waals surface area (Å²) >= 11 is 0. The first kappa shape index (κ1) is 70.1. The van der Waals surface area contributed by atoms with Crippen LogP contribution >= 0.6 is 0 Å². The summed E-state index contributed by atoms with van der Waals surface area (Å²) in [6.45, 7) is 0.617. The van der Waals surface area contributed by atoms with E-state index >= 15 is 9.59 Å². The summed E-state index contributed by atoms with van der Waals surface area (Å²) in [4.78, 5) is 125. The molecule has 6 aromatic rings. The van der Waals surface area contributed by atoms with Gasteiger partial charge in [-0.2, -0.15) is 26.3 Å². The number of nitrogens with zero attached hydrogens (tertiary/aromatic N) is 1. The van der Waals surface area contributed by atoms with E-state index in [4.69, 9.17) is 40.7 Å². The zero-order valence-electron chi connectivity index (χ0n) is 48.6. The van der Waals surface area contributed by atoms with E-state index in [1.807, 2.05) is 60.7 Å². The number of carbonyl (C=O) groups excluding carboxylic acids is 7. The molecule has 0 saturated carbocycles. The van der Waals surface area contributed by atoms with Crippen LogP contribution in [-0.2, 0) is 69.0 Å². The molecule has 23 nitrogen and oxygen atoms in total. The van der Waals surface area contributed by atoms with Gasteiger partial charge in [-0.25, -0.2) is 14.4 Å². The molecular weight excluding hydrogens is 1210 g/mol. The Morgan fingerprint density at radius 3 is 1.67 bits per heavy atom. The standard InChI is InChI=1S/C58H66N10O9.2C2HF3O2/c59-27-13-12-22-46-52(69)64-47(30-38-23-25-42(26-24-38)76-36-39-16-6-2-7-17-39)53(70)66-49(31-37-14-4-1-5-15-37)57(74)68-35-43(77-58(75)61-29-28-60)33-50(68)55(72)67-51(40-18-8-3-9-19-40)56(73)65-48(54(71)63-46)32-41-34-62-45-21-11-10-20-44(41)45;2*3-2(4,5)1(6)7/h1-11,14-21,23-26,34,43,46-51,62H,12-13,22,27-33,35-36,59-60H2,(H,61,75)(H,63,71)(H,64,69)(H,65,73)(H,66,70)(H,67,72);2*(H,6,7)/t43-,46+,47+,48-,49+,50+,51+;;/m1../s1. The van der Waals surface area contributed by atoms with Crippen LogP contribution in [0.25, 0.3) is 10.9 Å². The maximum absolute atomic E-state index is 15.3. The number of alkyl halides is 6. The number of hydrogen-bond donors (Lipinski definition) is 11. The number of carbonyl (C=O) groups is 9. The lowest BCUT2D eigenvalue weighted by atomic mass is 9.99. The maximum atomic E-state index is 15.3. The van der Waals surface area contributed by atoms with Crippen LogP contribution in [-0.4, -0.2) is 148 Å². The lowest BCUT2D eigenvalue weighted by Gasteiger charge is -2.32. The van der Waals surface area contributed by atoms with Gasteiger partial charge in [0.2, 0.25) is 35.4 Å². The number of nitrogens with two attached hydrogens (primary N) is 2. The predicted molar refractivity (Wildman–Crippen MR) is 316 cm³/mol. The number of rotatable bonds is 17. The summed E-state index contributed by atoms with van der Waals surface area (Å²) in [5, 5.41) is 32.1. The van der Waals surface area contributed by atoms with Gasteiger partial charge < -0.3 is 72.9 Å². The molecular formula is C62H68F6N10O13. The van der Waals surface area contributed by atoms with Gasteiger partial charge in [0.25, 0.3) is 0 Å². The normalized spacial score (nSPS) is 20.0. The van der Waals surface area contributed by atoms with Gasteiger partial charge in [0.15, 0.2) is 0 Å². The second kappa shape index (κ2) is 33.5. The minimum Gasteiger partial charge on any atom is -0.489 e. The van der Waals surface area contributed by atoms with E-state index < -0.39 is 108 Å². The largest absolute Gasteiger partial charge is 0.490 e. The van der Waals surface area contributed by atoms with E-state index in [2.05, 4.69) is 36.9 Å². The van der Waals surface area contributed by atoms with Crippen molar-refractivity contribution in [2.24, 2.45) is 11.5 Å². The highest BCUT2D eigenvalue weighted by molar-refractivity contribution is 5.99. The number of halogens is 6. The summed E-state index contributed by atoms with van der Waals surface area (Å²) in [5.74, 6) is -9.28. The minimum absolute atomic E-state index is 0.0385. The molecule has 7 atom stereocenters. The predicted octanol–water partition coefficient (Wildman–Crippen LogP) is 4.64. The third-order valence-corrected chi connectivity index (χ3v) is 14.2. The van der Waals surface area contributed by atoms with Gasteiger partial charge in [-0.1, -0.05) is 121 Å². The first-order chi connectivity index (χ1) is 43.3. The summed E-state index contributed by atoms with van der Waals surface area (Å²) in [7, 11) is 0. The van der Waals surface area contributed by atoms with Crippen molar-refractivity contribution in [2.75, 3.05) is 26.2 Å². The Bertz CT molecular complexity index is 3400. The highest BCUT2D eigenvalue weighted by Gasteiger charge is 2.46. The van der Waals surface area contributed by atoms with E-state index in [0.29, 0.717) is 54.0 Å². The summed E-state index contributed by atoms with van der Waals surface area (Å²) in [6.07, 6.45) is -9.52. The lowest BCUT2D eigenvalue weighted by molar-refractivity contribution is -0.193. The first-order valence-corrected chi connectivity index (χ1v) is 28.5. The number of carboxylic acids is 2. The molecule has 5 aromatic carbocycles. The monoisotopic (exact) mass is 1270 g/mol. The zero-order chi connectivity index (χ0) is 66.3. The van der Waals surface area contributed by atoms with Gasteiger partial charge in [0.05, 0.1) is 6.54 Å². The fraction of sp³-hybridized carbons (Fsp3) is 0.339. The number of amides is 7. The van der Waals surface area contributed by atoms with E-state index in [9.17, 15) is 50.3 Å². The number of ether oxygens (including phenoxy) is 2. The molecule has 0 unspecified atom stereocenters. The van der Waals surface area contributed by atoms with Crippen molar-refractivity contribution in [3.05, 3.63) is 174 Å². The highest BCUT2D eigenvalue weighted by atomic mass is 19.4. The molecule has 3 heterocycles. The number of hydrogen-bond acceptors (Lipinski definition) is 13. The molecule has 0 bridgehead atoms. The van der Waals surface area contributed by atoms with Gasteiger partial charge in [0.1, 0.15) is 54.7 Å². The van der Waals surface area contributed by atoms with Crippen molar-refractivity contribution >= 4 is 64.4 Å². The van der Waals surface area contributed by atoms with Gasteiger partial charge in [-0.15, -0.1) is 0 Å². The molecule has 29 heteroatoms. The van der Waals surface area contributed by atoms with Crippen molar-refractivity contribution in [1.29, 1.82) is 0 Å². The minimum atomic E-state index is -5.08. The molecule has 0 radical (unpaired) electrons. The number of carboxylic acid groups (broad SMARTS) is 2. The number of unbranched alkanes of at least 4 members (excludes halogenated alkanes) is 1. The molecule has 91 heavy (non-hydrogen) atoms. The molecule has 0 aliphatic carbocycles. The highest BCUT2D eigenvalue weighted by Crippen LogP contribution is 2.27. The van der Waals surface area contributed by atoms with Crippen molar-refractivity contribution in [2.45, 2.75) is 106 Å². The second-order valence-electron chi connectivity index (χ2n) is 20.8. The molecule has 7 amide bonds. The smallest absolute Gasteiger partial charge is 0.489 e. The SMILES string of the molecule is NCCCC[C@@H]1NC(=O)[C@@H](Cc2c[nH]c3ccccc23)NC(=O)[C@H](c2ccccc2)NC(=O)[C@@H]2C[C@@H](OC(=O)NCCN)CN2C(=O)[C@H](Cc2ccccc2)NC(=O)[C@H](Cc2ccc(OCc3ccccc3)cc2)NC1=O.O=C(O)C(F)(F)F.O=C(O)C(F)(F)F. The van der Waals surface area contributed by atoms with Crippen LogP contribution in [0.3, 0.4) is 0 Å². The average Bonchev–Trinajstić information content (AvgIpc) is 1.91. The van der Waals surface area contributed by atoms with E-state index in [1.54, 1.807) is 85.1 Å². The van der Waals surface area contributed by atoms with E-state index in [1.165, 1.54) is 4.90 Å². The Morgan fingerprint density at radius 2 is 1.08 bits per heavy atom. The molecule has 8 rings (SSSR count). The fourth-order valence-corrected chi connectivity index (χ4v) is 9.65. The number of aromatic nitrogens is 1. The van der Waals surface area contributed by atoms with Gasteiger partial charge >= 0.3 is 30.4 Å². The number of benzene rings is 5. The Balaban J connectivity index is 0.000000842. The fourth-order valence-electron chi connectivity index (χ4n) is 9.65. The summed E-state index contributed by atoms with van der Waals surface area (Å²) in [6, 6.07) is 33.6. The molecule has 2 aliphatic heterocycles. The van der Waals surface area contributed by atoms with Gasteiger partial charge in [-0.05, 0) is 71.8 Å². The number of nitrogens with one attached hydrogen (secondary N) is 7. The third-order valence-electron chi connectivity index (χ3n) is 14.2. The molecule has 2 aliphatic rings. The first-order valence-electron chi connectivity index (χ1n) is 28.5. The van der Waals surface area contributed by atoms with Crippen molar-refractivity contribution in [3.8, 4) is 5.75 Å². The van der Waals surface area contributed by atoms with Crippen LogP contribution in [0.1, 0.15) is 59.5 Å². The van der Waals surface area contributed by atoms with Gasteiger partial charge in [-0.3, -0.25) is 28.8 Å². The van der Waals surface area contributed by atoms with Crippen LogP contribution in [0.15, 0.2) is 146 Å². The topological polar surface area (TPSA) is 356 Å². The van der Waals surface area contributed by atoms with Gasteiger partial charge in [0, 0.05) is 55.9 Å². The van der Waals surface area contributed by atoms with Crippen molar-refractivity contribution in [3.63, 3.8) is 0 Å². The third kappa shape index (κ3) is 21.6. The Labute approximate surface area is 517 Å². The van der Waals surface area contributed by atoms with Crippen LogP contribution in [0.2, 0.25) is 0 Å². The number of H-pyrrole nitrogens is 1. The van der Waals surface area contributed by atoms with E-state index in [-0.39, 0.29) is 51.7 Å². The zero-order valence-corrected chi connectivity index (χ0v) is 48.6. The van der Waals surface area contributed by atoms with E-state index in [0.717, 1.165) is 16.5 Å². The van der Waals surface area contributed by atoms with Crippen LogP contribution < -0.4 is 48.1 Å². The maximum Gasteiger partial charge on any atom is 0.490 e. The number of aromatic amines is 1. The summed E-state index contributed by atoms with van der Waals surface area (Å²) < 4.78 is 75.2.